The van der Waals surface area contributed by atoms with Crippen molar-refractivity contribution in [3.05, 3.63) is 64.1 Å². The third kappa shape index (κ3) is 3.54. The Labute approximate surface area is 140 Å². The van der Waals surface area contributed by atoms with Gasteiger partial charge in [0.2, 0.25) is 0 Å². The summed E-state index contributed by atoms with van der Waals surface area (Å²) < 4.78 is 6.89. The molecule has 0 N–H and O–H groups in total. The molecular weight excluding hydrogens is 306 g/mol. The van der Waals surface area contributed by atoms with E-state index in [0.717, 1.165) is 5.56 Å². The van der Waals surface area contributed by atoms with Crippen LogP contribution < -0.4 is 5.56 Å². The summed E-state index contributed by atoms with van der Waals surface area (Å²) in [5, 5.41) is 4.27. The molecule has 1 saturated heterocycles. The molecule has 0 radical (unpaired) electrons. The molecule has 2 aromatic rings. The van der Waals surface area contributed by atoms with Crippen LogP contribution in [0.3, 0.4) is 0 Å². The highest BCUT2D eigenvalue weighted by atomic mass is 16.5. The van der Waals surface area contributed by atoms with Crippen LogP contribution in [0.4, 0.5) is 0 Å². The molecule has 0 saturated carbocycles. The number of amides is 1. The Morgan fingerprint density at radius 3 is 2.71 bits per heavy atom. The lowest BCUT2D eigenvalue weighted by atomic mass is 10.2. The number of hydrogen-bond acceptors (Lipinski definition) is 4. The molecule has 1 fully saturated rings. The van der Waals surface area contributed by atoms with Crippen LogP contribution in [-0.2, 0) is 11.3 Å². The normalized spacial score (nSPS) is 20.8. The van der Waals surface area contributed by atoms with E-state index in [9.17, 15) is 9.59 Å². The van der Waals surface area contributed by atoms with Gasteiger partial charge in [-0.3, -0.25) is 9.59 Å². The summed E-state index contributed by atoms with van der Waals surface area (Å²) in [6, 6.07) is 12.5. The van der Waals surface area contributed by atoms with Gasteiger partial charge in [-0.15, -0.1) is 0 Å². The van der Waals surface area contributed by atoms with Crippen LogP contribution in [0.2, 0.25) is 0 Å². The molecule has 0 aliphatic carbocycles. The van der Waals surface area contributed by atoms with E-state index in [1.54, 1.807) is 4.90 Å². The van der Waals surface area contributed by atoms with Crippen molar-refractivity contribution in [2.24, 2.45) is 0 Å². The second kappa shape index (κ2) is 6.97. The van der Waals surface area contributed by atoms with Crippen LogP contribution in [0.25, 0.3) is 0 Å². The minimum absolute atomic E-state index is 0.000346. The second-order valence-electron chi connectivity index (χ2n) is 6.15. The summed E-state index contributed by atoms with van der Waals surface area (Å²) in [5.74, 6) is -0.167. The lowest BCUT2D eigenvalue weighted by molar-refractivity contribution is -0.0389. The van der Waals surface area contributed by atoms with Gasteiger partial charge in [-0.1, -0.05) is 30.3 Å². The van der Waals surface area contributed by atoms with E-state index in [0.29, 0.717) is 19.7 Å². The van der Waals surface area contributed by atoms with Crippen LogP contribution >= 0.6 is 0 Å². The summed E-state index contributed by atoms with van der Waals surface area (Å²) in [4.78, 5) is 26.6. The van der Waals surface area contributed by atoms with Gasteiger partial charge in [0.25, 0.3) is 11.5 Å². The van der Waals surface area contributed by atoms with Gasteiger partial charge < -0.3 is 9.64 Å². The molecule has 2 heterocycles. The van der Waals surface area contributed by atoms with Gasteiger partial charge in [0.1, 0.15) is 5.69 Å². The highest BCUT2D eigenvalue weighted by Gasteiger charge is 2.29. The minimum Gasteiger partial charge on any atom is -0.375 e. The molecule has 126 valence electrons. The van der Waals surface area contributed by atoms with E-state index in [1.807, 2.05) is 44.2 Å². The Morgan fingerprint density at radius 1 is 1.21 bits per heavy atom. The number of ether oxygens (including phenoxy) is 1. The molecule has 1 aliphatic heterocycles. The molecule has 24 heavy (non-hydrogen) atoms. The van der Waals surface area contributed by atoms with Crippen molar-refractivity contribution >= 4 is 5.91 Å². The van der Waals surface area contributed by atoms with Crippen LogP contribution in [0, 0.1) is 0 Å². The first-order valence-corrected chi connectivity index (χ1v) is 8.09. The maximum absolute atomic E-state index is 12.8. The number of carbonyl (C=O) groups excluding carboxylic acids is 1. The van der Waals surface area contributed by atoms with E-state index in [1.165, 1.54) is 16.8 Å². The molecule has 1 amide bonds. The molecule has 1 aromatic carbocycles. The van der Waals surface area contributed by atoms with Crippen molar-refractivity contribution < 1.29 is 9.53 Å². The molecule has 0 unspecified atom stereocenters. The first-order chi connectivity index (χ1) is 11.5. The van der Waals surface area contributed by atoms with Gasteiger partial charge in [-0.05, 0) is 25.5 Å². The quantitative estimate of drug-likeness (QED) is 0.858. The number of rotatable bonds is 3. The zero-order valence-corrected chi connectivity index (χ0v) is 13.9. The van der Waals surface area contributed by atoms with Crippen molar-refractivity contribution in [1.29, 1.82) is 0 Å². The summed E-state index contributed by atoms with van der Waals surface area (Å²) in [7, 11) is 0. The maximum Gasteiger partial charge on any atom is 0.274 e. The third-order valence-corrected chi connectivity index (χ3v) is 4.13. The summed E-state index contributed by atoms with van der Waals surface area (Å²) in [5.41, 5.74) is 1.02. The average Bonchev–Trinajstić information content (AvgIpc) is 2.59. The Morgan fingerprint density at radius 2 is 1.96 bits per heavy atom. The Kier molecular flexibility index (Phi) is 4.76. The molecule has 6 nitrogen and oxygen atoms in total. The standard InChI is InChI=1S/C18H21N3O3/c1-13-12-24-14(2)10-20(13)18(23)16-8-9-17(22)21(19-16)11-15-6-4-3-5-7-15/h3-9,13-14H,10-12H2,1-2H3/t13-,14-/m1/s1. The maximum atomic E-state index is 12.8. The van der Waals surface area contributed by atoms with E-state index in [-0.39, 0.29) is 29.3 Å². The minimum atomic E-state index is -0.223. The van der Waals surface area contributed by atoms with Crippen LogP contribution in [0.15, 0.2) is 47.3 Å². The third-order valence-electron chi connectivity index (χ3n) is 4.13. The fourth-order valence-corrected chi connectivity index (χ4v) is 2.77. The largest absolute Gasteiger partial charge is 0.375 e. The highest BCUT2D eigenvalue weighted by Crippen LogP contribution is 2.14. The number of morpholine rings is 1. The molecule has 2 atom stereocenters. The van der Waals surface area contributed by atoms with Gasteiger partial charge >= 0.3 is 0 Å². The summed E-state index contributed by atoms with van der Waals surface area (Å²) in [6.45, 7) is 5.27. The van der Waals surface area contributed by atoms with Gasteiger partial charge in [0, 0.05) is 12.6 Å². The molecule has 6 heteroatoms. The lowest BCUT2D eigenvalue weighted by Gasteiger charge is -2.36. The lowest BCUT2D eigenvalue weighted by Crippen LogP contribution is -2.50. The molecule has 3 rings (SSSR count). The molecule has 1 aromatic heterocycles. The number of carbonyl (C=O) groups is 1. The number of aromatic nitrogens is 2. The molecule has 0 spiro atoms. The van der Waals surface area contributed by atoms with Crippen molar-refractivity contribution in [3.63, 3.8) is 0 Å². The van der Waals surface area contributed by atoms with Crippen LogP contribution in [0.1, 0.15) is 29.9 Å². The fourth-order valence-electron chi connectivity index (χ4n) is 2.77. The SMILES string of the molecule is C[C@@H]1CN(C(=O)c2ccc(=O)n(Cc3ccccc3)n2)[C@H](C)CO1. The zero-order chi connectivity index (χ0) is 17.1. The van der Waals surface area contributed by atoms with Gasteiger partial charge in [0.05, 0.1) is 25.3 Å². The first-order valence-electron chi connectivity index (χ1n) is 8.09. The Bertz CT molecular complexity index is 773. The van der Waals surface area contributed by atoms with E-state index in [4.69, 9.17) is 4.74 Å². The summed E-state index contributed by atoms with van der Waals surface area (Å²) >= 11 is 0. The van der Waals surface area contributed by atoms with Crippen LogP contribution in [-0.4, -0.2) is 45.9 Å². The number of benzene rings is 1. The zero-order valence-electron chi connectivity index (χ0n) is 13.9. The number of nitrogens with zero attached hydrogens (tertiary/aromatic N) is 3. The van der Waals surface area contributed by atoms with E-state index >= 15 is 0 Å². The predicted octanol–water partition coefficient (Wildman–Crippen LogP) is 1.54. The second-order valence-corrected chi connectivity index (χ2v) is 6.15. The van der Waals surface area contributed by atoms with Gasteiger partial charge in [-0.2, -0.15) is 5.10 Å². The van der Waals surface area contributed by atoms with Crippen molar-refractivity contribution in [3.8, 4) is 0 Å². The molecular formula is C18H21N3O3. The summed E-state index contributed by atoms with van der Waals surface area (Å²) in [6.07, 6.45) is 0.000346. The number of hydrogen-bond donors (Lipinski definition) is 0. The predicted molar refractivity (Wildman–Crippen MR) is 90.0 cm³/mol. The van der Waals surface area contributed by atoms with E-state index < -0.39 is 0 Å². The van der Waals surface area contributed by atoms with Crippen molar-refractivity contribution in [2.75, 3.05) is 13.2 Å². The van der Waals surface area contributed by atoms with Gasteiger partial charge in [0.15, 0.2) is 0 Å². The smallest absolute Gasteiger partial charge is 0.274 e. The van der Waals surface area contributed by atoms with Crippen LogP contribution in [0.5, 0.6) is 0 Å². The van der Waals surface area contributed by atoms with Gasteiger partial charge in [-0.25, -0.2) is 4.68 Å². The highest BCUT2D eigenvalue weighted by molar-refractivity contribution is 5.92. The Balaban J connectivity index is 1.85. The topological polar surface area (TPSA) is 64.4 Å². The molecule has 1 aliphatic rings. The average molecular weight is 327 g/mol. The fraction of sp³-hybridized carbons (Fsp3) is 0.389. The van der Waals surface area contributed by atoms with Crippen molar-refractivity contribution in [2.45, 2.75) is 32.5 Å². The van der Waals surface area contributed by atoms with Crippen molar-refractivity contribution in [1.82, 2.24) is 14.7 Å². The molecule has 0 bridgehead atoms. The van der Waals surface area contributed by atoms with E-state index in [2.05, 4.69) is 5.10 Å². The Hall–Kier alpha value is -2.47. The monoisotopic (exact) mass is 327 g/mol. The first kappa shape index (κ1) is 16.4.